The van der Waals surface area contributed by atoms with E-state index < -0.39 is 0 Å². The van der Waals surface area contributed by atoms with E-state index in [0.29, 0.717) is 6.61 Å². The topological polar surface area (TPSA) is 21.3 Å². The molecule has 0 saturated carbocycles. The van der Waals surface area contributed by atoms with Crippen LogP contribution in [0, 0.1) is 0 Å². The minimum absolute atomic E-state index is 0.0894. The van der Waals surface area contributed by atoms with Gasteiger partial charge in [0, 0.05) is 14.5 Å². The highest BCUT2D eigenvalue weighted by Crippen LogP contribution is 2.32. The Morgan fingerprint density at radius 1 is 1.10 bits per heavy atom. The van der Waals surface area contributed by atoms with Gasteiger partial charge in [-0.2, -0.15) is 0 Å². The molecule has 1 atom stereocenters. The van der Waals surface area contributed by atoms with Crippen molar-refractivity contribution >= 4 is 31.9 Å². The van der Waals surface area contributed by atoms with E-state index in [1.54, 1.807) is 0 Å². The van der Waals surface area contributed by atoms with Gasteiger partial charge in [-0.25, -0.2) is 0 Å². The van der Waals surface area contributed by atoms with Crippen LogP contribution in [0.25, 0.3) is 0 Å². The molecule has 0 aliphatic heterocycles. The molecule has 0 bridgehead atoms. The van der Waals surface area contributed by atoms with Gasteiger partial charge in [-0.05, 0) is 43.8 Å². The SMILES string of the molecule is CCOc1ccccc1C(NC)c1cc(Br)cc(Br)c1. The lowest BCUT2D eigenvalue weighted by molar-refractivity contribution is 0.334. The molecule has 2 aromatic carbocycles. The van der Waals surface area contributed by atoms with Crippen LogP contribution in [0.2, 0.25) is 0 Å². The second-order valence-electron chi connectivity index (χ2n) is 4.40. The highest BCUT2D eigenvalue weighted by atomic mass is 79.9. The van der Waals surface area contributed by atoms with Crippen molar-refractivity contribution in [3.05, 3.63) is 62.5 Å². The molecule has 106 valence electrons. The maximum atomic E-state index is 5.74. The van der Waals surface area contributed by atoms with Crippen LogP contribution in [0.1, 0.15) is 24.1 Å². The number of para-hydroxylation sites is 1. The molecule has 4 heteroatoms. The number of halogens is 2. The van der Waals surface area contributed by atoms with E-state index in [1.165, 1.54) is 5.56 Å². The molecule has 0 amide bonds. The minimum Gasteiger partial charge on any atom is -0.494 e. The van der Waals surface area contributed by atoms with Gasteiger partial charge in [0.15, 0.2) is 0 Å². The van der Waals surface area contributed by atoms with Crippen LogP contribution >= 0.6 is 31.9 Å². The molecule has 2 nitrogen and oxygen atoms in total. The normalized spacial score (nSPS) is 12.2. The van der Waals surface area contributed by atoms with Crippen molar-refractivity contribution in [3.63, 3.8) is 0 Å². The van der Waals surface area contributed by atoms with Crippen molar-refractivity contribution in [3.8, 4) is 5.75 Å². The fraction of sp³-hybridized carbons (Fsp3) is 0.250. The quantitative estimate of drug-likeness (QED) is 0.771. The van der Waals surface area contributed by atoms with Crippen molar-refractivity contribution in [1.29, 1.82) is 0 Å². The molecule has 0 saturated heterocycles. The summed E-state index contributed by atoms with van der Waals surface area (Å²) < 4.78 is 7.84. The van der Waals surface area contributed by atoms with Crippen LogP contribution in [0.15, 0.2) is 51.4 Å². The van der Waals surface area contributed by atoms with Crippen LogP contribution in [0.5, 0.6) is 5.75 Å². The first-order valence-electron chi connectivity index (χ1n) is 6.50. The van der Waals surface area contributed by atoms with Crippen LogP contribution < -0.4 is 10.1 Å². The zero-order chi connectivity index (χ0) is 14.5. The molecule has 1 N–H and O–H groups in total. The van der Waals surface area contributed by atoms with Crippen molar-refractivity contribution in [2.45, 2.75) is 13.0 Å². The molecule has 20 heavy (non-hydrogen) atoms. The molecular formula is C16H17Br2NO. The van der Waals surface area contributed by atoms with Gasteiger partial charge in [0.25, 0.3) is 0 Å². The fourth-order valence-corrected chi connectivity index (χ4v) is 3.58. The number of ether oxygens (including phenoxy) is 1. The summed E-state index contributed by atoms with van der Waals surface area (Å²) in [5.74, 6) is 0.922. The standard InChI is InChI=1S/C16H17Br2NO/c1-3-20-15-7-5-4-6-14(15)16(19-2)11-8-12(17)10-13(18)9-11/h4-10,16,19H,3H2,1-2H3. The lowest BCUT2D eigenvalue weighted by atomic mass is 9.98. The maximum Gasteiger partial charge on any atom is 0.124 e. The predicted molar refractivity (Wildman–Crippen MR) is 90.4 cm³/mol. The largest absolute Gasteiger partial charge is 0.494 e. The van der Waals surface area contributed by atoms with Crippen LogP contribution in [0.3, 0.4) is 0 Å². The zero-order valence-corrected chi connectivity index (χ0v) is 14.7. The van der Waals surface area contributed by atoms with E-state index in [9.17, 15) is 0 Å². The van der Waals surface area contributed by atoms with Crippen LogP contribution in [-0.2, 0) is 0 Å². The third-order valence-electron chi connectivity index (χ3n) is 3.04. The monoisotopic (exact) mass is 397 g/mol. The van der Waals surface area contributed by atoms with Crippen molar-refractivity contribution in [1.82, 2.24) is 5.32 Å². The first-order chi connectivity index (χ1) is 9.65. The third kappa shape index (κ3) is 3.62. The molecule has 2 rings (SSSR count). The molecule has 0 fully saturated rings. The molecule has 0 aliphatic carbocycles. The maximum absolute atomic E-state index is 5.74. The number of benzene rings is 2. The number of nitrogens with one attached hydrogen (secondary N) is 1. The summed E-state index contributed by atoms with van der Waals surface area (Å²) in [5.41, 5.74) is 2.32. The second kappa shape index (κ2) is 7.25. The number of hydrogen-bond acceptors (Lipinski definition) is 2. The molecule has 2 aromatic rings. The summed E-state index contributed by atoms with van der Waals surface area (Å²) in [6.07, 6.45) is 0. The summed E-state index contributed by atoms with van der Waals surface area (Å²) in [4.78, 5) is 0. The summed E-state index contributed by atoms with van der Waals surface area (Å²) in [6, 6.07) is 14.5. The smallest absolute Gasteiger partial charge is 0.124 e. The van der Waals surface area contributed by atoms with E-state index in [-0.39, 0.29) is 6.04 Å². The van der Waals surface area contributed by atoms with Gasteiger partial charge in [-0.1, -0.05) is 50.1 Å². The highest BCUT2D eigenvalue weighted by molar-refractivity contribution is 9.11. The summed E-state index contributed by atoms with van der Waals surface area (Å²) >= 11 is 7.09. The van der Waals surface area contributed by atoms with E-state index in [4.69, 9.17) is 4.74 Å². The van der Waals surface area contributed by atoms with Gasteiger partial charge >= 0.3 is 0 Å². The molecule has 0 aliphatic rings. The molecule has 0 heterocycles. The van der Waals surface area contributed by atoms with Crippen molar-refractivity contribution in [2.24, 2.45) is 0 Å². The summed E-state index contributed by atoms with van der Waals surface area (Å²) in [7, 11) is 1.96. The highest BCUT2D eigenvalue weighted by Gasteiger charge is 2.17. The Labute approximate surface area is 136 Å². The average Bonchev–Trinajstić information content (AvgIpc) is 2.41. The van der Waals surface area contributed by atoms with Crippen molar-refractivity contribution < 1.29 is 4.74 Å². The van der Waals surface area contributed by atoms with E-state index in [1.807, 2.05) is 38.2 Å². The first-order valence-corrected chi connectivity index (χ1v) is 8.09. The summed E-state index contributed by atoms with van der Waals surface area (Å²) in [5, 5.41) is 3.37. The molecule has 1 unspecified atom stereocenters. The van der Waals surface area contributed by atoms with E-state index in [0.717, 1.165) is 20.3 Å². The van der Waals surface area contributed by atoms with Crippen LogP contribution in [-0.4, -0.2) is 13.7 Å². The van der Waals surface area contributed by atoms with Gasteiger partial charge in [0.2, 0.25) is 0 Å². The lowest BCUT2D eigenvalue weighted by Crippen LogP contribution is -2.18. The molecule has 0 aromatic heterocycles. The molecular weight excluding hydrogens is 382 g/mol. The van der Waals surface area contributed by atoms with Gasteiger partial charge < -0.3 is 10.1 Å². The predicted octanol–water partition coefficient (Wildman–Crippen LogP) is 4.92. The van der Waals surface area contributed by atoms with Crippen molar-refractivity contribution in [2.75, 3.05) is 13.7 Å². The number of hydrogen-bond donors (Lipinski definition) is 1. The van der Waals surface area contributed by atoms with Gasteiger partial charge in [0.1, 0.15) is 5.75 Å². The van der Waals surface area contributed by atoms with E-state index >= 15 is 0 Å². The first kappa shape index (κ1) is 15.5. The Bertz CT molecular complexity index is 566. The van der Waals surface area contributed by atoms with Gasteiger partial charge in [-0.15, -0.1) is 0 Å². The summed E-state index contributed by atoms with van der Waals surface area (Å²) in [6.45, 7) is 2.66. The third-order valence-corrected chi connectivity index (χ3v) is 3.95. The van der Waals surface area contributed by atoms with Gasteiger partial charge in [-0.3, -0.25) is 0 Å². The van der Waals surface area contributed by atoms with E-state index in [2.05, 4.69) is 55.4 Å². The zero-order valence-electron chi connectivity index (χ0n) is 11.5. The Morgan fingerprint density at radius 2 is 1.75 bits per heavy atom. The fourth-order valence-electron chi connectivity index (χ4n) is 2.25. The average molecular weight is 399 g/mol. The Hall–Kier alpha value is -0.840. The minimum atomic E-state index is 0.0894. The molecule has 0 radical (unpaired) electrons. The Kier molecular flexibility index (Phi) is 5.64. The van der Waals surface area contributed by atoms with Crippen LogP contribution in [0.4, 0.5) is 0 Å². The Morgan fingerprint density at radius 3 is 2.35 bits per heavy atom. The second-order valence-corrected chi connectivity index (χ2v) is 6.23. The van der Waals surface area contributed by atoms with Gasteiger partial charge in [0.05, 0.1) is 12.6 Å². The number of rotatable bonds is 5. The lowest BCUT2D eigenvalue weighted by Gasteiger charge is -2.21. The molecule has 0 spiro atoms. The Balaban J connectivity index is 2.46.